The van der Waals surface area contributed by atoms with Crippen LogP contribution in [0.25, 0.3) is 0 Å². The lowest BCUT2D eigenvalue weighted by molar-refractivity contribution is 0.468. The summed E-state index contributed by atoms with van der Waals surface area (Å²) < 4.78 is 6.06. The van der Waals surface area contributed by atoms with Crippen molar-refractivity contribution in [2.45, 2.75) is 19.6 Å². The first-order valence-corrected chi connectivity index (χ1v) is 8.34. The van der Waals surface area contributed by atoms with Crippen molar-refractivity contribution in [1.29, 1.82) is 0 Å². The van der Waals surface area contributed by atoms with Gasteiger partial charge in [-0.3, -0.25) is 0 Å². The zero-order valence-electron chi connectivity index (χ0n) is 11.2. The summed E-state index contributed by atoms with van der Waals surface area (Å²) >= 11 is 3.59. The summed E-state index contributed by atoms with van der Waals surface area (Å²) in [6.07, 6.45) is 0. The first-order valence-electron chi connectivity index (χ1n) is 6.71. The predicted molar refractivity (Wildman–Crippen MR) is 87.6 cm³/mol. The van der Waals surface area contributed by atoms with Crippen LogP contribution in [0, 0.1) is 0 Å². The molecule has 0 unspecified atom stereocenters. The van der Waals surface area contributed by atoms with Crippen LogP contribution in [-0.4, -0.2) is 0 Å². The van der Waals surface area contributed by atoms with Gasteiger partial charge in [0.1, 0.15) is 11.5 Å². The molecule has 1 aliphatic rings. The van der Waals surface area contributed by atoms with Crippen molar-refractivity contribution in [3.63, 3.8) is 0 Å². The van der Waals surface area contributed by atoms with E-state index in [-0.39, 0.29) is 0 Å². The fraction of sp³-hybridized carbons (Fsp3) is 0. The standard InChI is InChI=1S/C18H12OS2/c1-2-7-13(8-3-1)19-14-9-6-12-17-18(14)21-16-11-5-4-10-15(16)20-17/h1-12H. The Morgan fingerprint density at radius 2 is 1.24 bits per heavy atom. The number of rotatable bonds is 2. The molecule has 0 radical (unpaired) electrons. The van der Waals surface area contributed by atoms with Crippen LogP contribution < -0.4 is 4.74 Å². The van der Waals surface area contributed by atoms with Crippen molar-refractivity contribution < 1.29 is 4.74 Å². The minimum Gasteiger partial charge on any atom is -0.456 e. The van der Waals surface area contributed by atoms with Crippen molar-refractivity contribution >= 4 is 23.5 Å². The second kappa shape index (κ2) is 5.51. The smallest absolute Gasteiger partial charge is 0.142 e. The highest BCUT2D eigenvalue weighted by Crippen LogP contribution is 2.52. The summed E-state index contributed by atoms with van der Waals surface area (Å²) in [4.78, 5) is 5.06. The molecule has 3 aromatic carbocycles. The largest absolute Gasteiger partial charge is 0.456 e. The molecule has 3 heteroatoms. The number of hydrogen-bond donors (Lipinski definition) is 0. The van der Waals surface area contributed by atoms with Gasteiger partial charge >= 0.3 is 0 Å². The second-order valence-corrected chi connectivity index (χ2v) is 6.79. The lowest BCUT2D eigenvalue weighted by Crippen LogP contribution is -1.93. The van der Waals surface area contributed by atoms with Crippen LogP contribution >= 0.6 is 23.5 Å². The molecule has 0 amide bonds. The monoisotopic (exact) mass is 308 g/mol. The zero-order valence-corrected chi connectivity index (χ0v) is 12.8. The van der Waals surface area contributed by atoms with Crippen LogP contribution in [0.15, 0.2) is 92.4 Å². The highest BCUT2D eigenvalue weighted by molar-refractivity contribution is 8.05. The van der Waals surface area contributed by atoms with E-state index < -0.39 is 0 Å². The van der Waals surface area contributed by atoms with Crippen LogP contribution in [0.4, 0.5) is 0 Å². The van der Waals surface area contributed by atoms with E-state index in [2.05, 4.69) is 36.4 Å². The third-order valence-corrected chi connectivity index (χ3v) is 5.79. The molecule has 0 saturated heterocycles. The Balaban J connectivity index is 1.73. The molecule has 0 fully saturated rings. The van der Waals surface area contributed by atoms with E-state index in [0.29, 0.717) is 0 Å². The Hall–Kier alpha value is -1.84. The summed E-state index contributed by atoms with van der Waals surface area (Å²) in [5, 5.41) is 0. The second-order valence-electron chi connectivity index (χ2n) is 4.65. The lowest BCUT2D eigenvalue weighted by Gasteiger charge is -2.20. The topological polar surface area (TPSA) is 9.23 Å². The molecule has 3 aromatic rings. The Labute approximate surface area is 132 Å². The molecule has 0 saturated carbocycles. The van der Waals surface area contributed by atoms with E-state index in [0.717, 1.165) is 11.5 Å². The maximum absolute atomic E-state index is 6.06. The highest BCUT2D eigenvalue weighted by atomic mass is 32.2. The van der Waals surface area contributed by atoms with E-state index in [9.17, 15) is 0 Å². The van der Waals surface area contributed by atoms with Crippen LogP contribution in [0.5, 0.6) is 11.5 Å². The Kier molecular flexibility index (Phi) is 3.37. The number of ether oxygens (including phenoxy) is 1. The zero-order chi connectivity index (χ0) is 14.1. The molecule has 0 aliphatic carbocycles. The van der Waals surface area contributed by atoms with Crippen molar-refractivity contribution in [3.8, 4) is 11.5 Å². The van der Waals surface area contributed by atoms with Gasteiger partial charge in [-0.25, -0.2) is 0 Å². The Morgan fingerprint density at radius 3 is 2.05 bits per heavy atom. The number of para-hydroxylation sites is 1. The number of fused-ring (bicyclic) bond motifs is 2. The van der Waals surface area contributed by atoms with E-state index in [1.54, 1.807) is 23.5 Å². The fourth-order valence-corrected chi connectivity index (χ4v) is 4.53. The molecule has 1 aliphatic heterocycles. The van der Waals surface area contributed by atoms with Crippen molar-refractivity contribution in [2.75, 3.05) is 0 Å². The van der Waals surface area contributed by atoms with E-state index in [4.69, 9.17) is 4.74 Å². The van der Waals surface area contributed by atoms with Gasteiger partial charge < -0.3 is 4.74 Å². The van der Waals surface area contributed by atoms with E-state index >= 15 is 0 Å². The lowest BCUT2D eigenvalue weighted by atomic mass is 10.3. The molecule has 0 N–H and O–H groups in total. The maximum Gasteiger partial charge on any atom is 0.142 e. The van der Waals surface area contributed by atoms with Gasteiger partial charge in [-0.15, -0.1) is 0 Å². The molecule has 1 nitrogen and oxygen atoms in total. The minimum atomic E-state index is 0.871. The maximum atomic E-state index is 6.06. The first-order chi connectivity index (χ1) is 10.4. The number of benzene rings is 3. The molecule has 21 heavy (non-hydrogen) atoms. The molecule has 0 bridgehead atoms. The molecular weight excluding hydrogens is 296 g/mol. The van der Waals surface area contributed by atoms with Gasteiger partial charge in [0.05, 0.1) is 4.90 Å². The molecule has 0 spiro atoms. The normalized spacial score (nSPS) is 12.4. The summed E-state index contributed by atoms with van der Waals surface area (Å²) in [5.74, 6) is 1.79. The van der Waals surface area contributed by atoms with E-state index in [1.807, 2.05) is 36.4 Å². The van der Waals surface area contributed by atoms with Crippen molar-refractivity contribution in [1.82, 2.24) is 0 Å². The average Bonchev–Trinajstić information content (AvgIpc) is 2.54. The Bertz CT molecular complexity index is 784. The predicted octanol–water partition coefficient (Wildman–Crippen LogP) is 6.09. The molecular formula is C18H12OS2. The SMILES string of the molecule is c1ccc(Oc2cccc3c2Sc2ccccc2S3)cc1. The van der Waals surface area contributed by atoms with Crippen molar-refractivity contribution in [3.05, 3.63) is 72.8 Å². The third-order valence-electron chi connectivity index (χ3n) is 3.19. The van der Waals surface area contributed by atoms with Crippen LogP contribution in [0.2, 0.25) is 0 Å². The van der Waals surface area contributed by atoms with Gasteiger partial charge in [0, 0.05) is 14.7 Å². The molecule has 0 atom stereocenters. The number of hydrogen-bond acceptors (Lipinski definition) is 3. The molecule has 1 heterocycles. The van der Waals surface area contributed by atoms with Crippen LogP contribution in [0.3, 0.4) is 0 Å². The third kappa shape index (κ3) is 2.55. The molecule has 102 valence electrons. The summed E-state index contributed by atoms with van der Waals surface area (Å²) in [7, 11) is 0. The van der Waals surface area contributed by atoms with Gasteiger partial charge in [0.25, 0.3) is 0 Å². The van der Waals surface area contributed by atoms with E-state index in [1.165, 1.54) is 19.6 Å². The quantitative estimate of drug-likeness (QED) is 0.443. The average molecular weight is 308 g/mol. The van der Waals surface area contributed by atoms with Gasteiger partial charge in [-0.05, 0) is 36.4 Å². The van der Waals surface area contributed by atoms with Gasteiger partial charge in [-0.2, -0.15) is 0 Å². The summed E-state index contributed by atoms with van der Waals surface area (Å²) in [6, 6.07) is 24.7. The van der Waals surface area contributed by atoms with Gasteiger partial charge in [-0.1, -0.05) is 59.9 Å². The van der Waals surface area contributed by atoms with Gasteiger partial charge in [0.2, 0.25) is 0 Å². The minimum absolute atomic E-state index is 0.871. The van der Waals surface area contributed by atoms with Crippen LogP contribution in [0.1, 0.15) is 0 Å². The van der Waals surface area contributed by atoms with Gasteiger partial charge in [0.15, 0.2) is 0 Å². The molecule has 0 aromatic heterocycles. The van der Waals surface area contributed by atoms with Crippen LogP contribution in [-0.2, 0) is 0 Å². The Morgan fingerprint density at radius 1 is 0.571 bits per heavy atom. The summed E-state index contributed by atoms with van der Waals surface area (Å²) in [5.41, 5.74) is 0. The first kappa shape index (κ1) is 12.9. The molecule has 4 rings (SSSR count). The summed E-state index contributed by atoms with van der Waals surface area (Å²) in [6.45, 7) is 0. The van der Waals surface area contributed by atoms with Crippen molar-refractivity contribution in [2.24, 2.45) is 0 Å². The fourth-order valence-electron chi connectivity index (χ4n) is 2.22. The highest BCUT2D eigenvalue weighted by Gasteiger charge is 2.20.